The van der Waals surface area contributed by atoms with Gasteiger partial charge in [-0.1, -0.05) is 12.1 Å². The molecule has 1 amide bonds. The number of nitrogens with zero attached hydrogens (tertiary/aromatic N) is 1. The zero-order valence-electron chi connectivity index (χ0n) is 10.3. The van der Waals surface area contributed by atoms with Crippen LogP contribution in [0.4, 0.5) is 4.39 Å². The first-order valence-corrected chi connectivity index (χ1v) is 6.57. The van der Waals surface area contributed by atoms with Gasteiger partial charge < -0.3 is 10.5 Å². The molecule has 0 fully saturated rings. The largest absolute Gasteiger partial charge is 0.451 e. The highest BCUT2D eigenvalue weighted by Gasteiger charge is 2.13. The van der Waals surface area contributed by atoms with E-state index in [9.17, 15) is 14.0 Å². The highest BCUT2D eigenvalue weighted by Crippen LogP contribution is 2.16. The number of amides is 1. The number of nitrogens with two attached hydrogens (primary N) is 1. The molecule has 0 bridgehead atoms. The van der Waals surface area contributed by atoms with Gasteiger partial charge in [0, 0.05) is 11.8 Å². The molecular formula is C13H11FN2O3S. The normalized spacial score (nSPS) is 10.2. The van der Waals surface area contributed by atoms with E-state index in [2.05, 4.69) is 9.72 Å². The van der Waals surface area contributed by atoms with Crippen molar-refractivity contribution in [3.05, 3.63) is 51.7 Å². The molecule has 1 aromatic carbocycles. The fraction of sp³-hybridized carbons (Fsp3) is 0.154. The summed E-state index contributed by atoms with van der Waals surface area (Å²) in [7, 11) is 0. The maximum Gasteiger partial charge on any atom is 0.358 e. The quantitative estimate of drug-likeness (QED) is 0.847. The molecule has 1 aromatic heterocycles. The molecule has 0 aliphatic heterocycles. The van der Waals surface area contributed by atoms with Gasteiger partial charge in [-0.2, -0.15) is 0 Å². The molecule has 2 aromatic rings. The number of hydrogen-bond acceptors (Lipinski definition) is 5. The summed E-state index contributed by atoms with van der Waals surface area (Å²) < 4.78 is 17.7. The van der Waals surface area contributed by atoms with Crippen LogP contribution in [0.3, 0.4) is 0 Å². The monoisotopic (exact) mass is 294 g/mol. The first-order valence-electron chi connectivity index (χ1n) is 5.69. The van der Waals surface area contributed by atoms with Crippen LogP contribution in [0.25, 0.3) is 0 Å². The van der Waals surface area contributed by atoms with Crippen molar-refractivity contribution in [2.45, 2.75) is 6.42 Å². The minimum Gasteiger partial charge on any atom is -0.451 e. The van der Waals surface area contributed by atoms with Crippen LogP contribution in [-0.4, -0.2) is 23.5 Å². The van der Waals surface area contributed by atoms with Crippen molar-refractivity contribution in [3.63, 3.8) is 0 Å². The molecule has 0 radical (unpaired) electrons. The van der Waals surface area contributed by atoms with E-state index in [-0.39, 0.29) is 11.5 Å². The number of ether oxygens (including phenoxy) is 1. The molecule has 2 rings (SSSR count). The lowest BCUT2D eigenvalue weighted by atomic mass is 10.1. The summed E-state index contributed by atoms with van der Waals surface area (Å²) in [5.41, 5.74) is 5.75. The molecule has 0 spiro atoms. The van der Waals surface area contributed by atoms with Gasteiger partial charge in [0.15, 0.2) is 12.3 Å². The van der Waals surface area contributed by atoms with E-state index >= 15 is 0 Å². The fourth-order valence-corrected chi connectivity index (χ4v) is 2.32. The number of halogens is 1. The highest BCUT2D eigenvalue weighted by molar-refractivity contribution is 7.09. The van der Waals surface area contributed by atoms with Crippen molar-refractivity contribution in [2.75, 3.05) is 6.61 Å². The Balaban J connectivity index is 2.02. The molecule has 0 aliphatic rings. The van der Waals surface area contributed by atoms with Crippen molar-refractivity contribution in [1.29, 1.82) is 0 Å². The number of hydrogen-bond donors (Lipinski definition) is 1. The number of esters is 1. The Bertz CT molecular complexity index is 642. The number of rotatable bonds is 5. The summed E-state index contributed by atoms with van der Waals surface area (Å²) >= 11 is 1.26. The van der Waals surface area contributed by atoms with Crippen LogP contribution >= 0.6 is 11.3 Å². The fourth-order valence-electron chi connectivity index (χ4n) is 1.52. The SMILES string of the molecule is NC(=O)COC(=O)c1csc(Cc2cccc(F)c2)n1. The Kier molecular flexibility index (Phi) is 4.41. The van der Waals surface area contributed by atoms with Crippen molar-refractivity contribution in [1.82, 2.24) is 4.98 Å². The molecular weight excluding hydrogens is 283 g/mol. The van der Waals surface area contributed by atoms with Crippen molar-refractivity contribution in [3.8, 4) is 0 Å². The lowest BCUT2D eigenvalue weighted by Crippen LogP contribution is -2.21. The van der Waals surface area contributed by atoms with E-state index in [1.807, 2.05) is 0 Å². The van der Waals surface area contributed by atoms with Crippen LogP contribution in [0, 0.1) is 5.82 Å². The molecule has 5 nitrogen and oxygen atoms in total. The third-order valence-corrected chi connectivity index (χ3v) is 3.20. The molecule has 1 heterocycles. The Morgan fingerprint density at radius 1 is 1.40 bits per heavy atom. The molecule has 0 saturated heterocycles. The second-order valence-electron chi connectivity index (χ2n) is 3.98. The number of carbonyl (C=O) groups is 2. The van der Waals surface area contributed by atoms with Crippen LogP contribution in [0.15, 0.2) is 29.6 Å². The maximum absolute atomic E-state index is 13.0. The summed E-state index contributed by atoms with van der Waals surface area (Å²) in [6.45, 7) is -0.477. The van der Waals surface area contributed by atoms with E-state index in [1.165, 1.54) is 28.8 Å². The predicted molar refractivity (Wildman–Crippen MR) is 70.8 cm³/mol. The van der Waals surface area contributed by atoms with Gasteiger partial charge in [0.1, 0.15) is 5.82 Å². The summed E-state index contributed by atoms with van der Waals surface area (Å²) in [5.74, 6) is -1.75. The Morgan fingerprint density at radius 3 is 2.90 bits per heavy atom. The molecule has 0 atom stereocenters. The van der Waals surface area contributed by atoms with E-state index in [4.69, 9.17) is 5.73 Å². The second-order valence-corrected chi connectivity index (χ2v) is 4.92. The number of thiazole rings is 1. The van der Waals surface area contributed by atoms with Crippen LogP contribution in [-0.2, 0) is 16.0 Å². The zero-order valence-corrected chi connectivity index (χ0v) is 11.2. The molecule has 20 heavy (non-hydrogen) atoms. The summed E-state index contributed by atoms with van der Waals surface area (Å²) in [5, 5.41) is 2.18. The van der Waals surface area contributed by atoms with Crippen LogP contribution in [0.5, 0.6) is 0 Å². The Morgan fingerprint density at radius 2 is 2.20 bits per heavy atom. The third-order valence-electron chi connectivity index (χ3n) is 2.35. The van der Waals surface area contributed by atoms with Crippen LogP contribution < -0.4 is 5.73 Å². The van der Waals surface area contributed by atoms with Gasteiger partial charge in [0.2, 0.25) is 0 Å². The Hall–Kier alpha value is -2.28. The van der Waals surface area contributed by atoms with E-state index in [1.54, 1.807) is 12.1 Å². The van der Waals surface area contributed by atoms with E-state index in [0.29, 0.717) is 11.4 Å². The van der Waals surface area contributed by atoms with Gasteiger partial charge in [-0.25, -0.2) is 14.2 Å². The van der Waals surface area contributed by atoms with Crippen LogP contribution in [0.2, 0.25) is 0 Å². The van der Waals surface area contributed by atoms with Crippen LogP contribution in [0.1, 0.15) is 21.1 Å². The summed E-state index contributed by atoms with van der Waals surface area (Å²) in [4.78, 5) is 26.1. The standard InChI is InChI=1S/C13H11FN2O3S/c14-9-3-1-2-8(4-9)5-12-16-10(7-20-12)13(18)19-6-11(15)17/h1-4,7H,5-6H2,(H2,15,17). The maximum atomic E-state index is 13.0. The third kappa shape index (κ3) is 3.86. The average Bonchev–Trinajstić information content (AvgIpc) is 2.84. The molecule has 0 saturated carbocycles. The number of aromatic nitrogens is 1. The zero-order chi connectivity index (χ0) is 14.5. The number of carbonyl (C=O) groups excluding carboxylic acids is 2. The number of primary amides is 1. The molecule has 104 valence electrons. The van der Waals surface area contributed by atoms with Gasteiger partial charge in [-0.3, -0.25) is 4.79 Å². The van der Waals surface area contributed by atoms with Gasteiger partial charge in [-0.05, 0) is 17.7 Å². The molecule has 2 N–H and O–H groups in total. The van der Waals surface area contributed by atoms with E-state index in [0.717, 1.165) is 5.56 Å². The Labute approximate surface area is 118 Å². The van der Waals surface area contributed by atoms with Gasteiger partial charge in [-0.15, -0.1) is 11.3 Å². The molecule has 0 aliphatic carbocycles. The smallest absolute Gasteiger partial charge is 0.358 e. The average molecular weight is 294 g/mol. The first kappa shape index (κ1) is 14.1. The minimum absolute atomic E-state index is 0.114. The molecule has 0 unspecified atom stereocenters. The minimum atomic E-state index is -0.728. The van der Waals surface area contributed by atoms with Crippen molar-refractivity contribution in [2.24, 2.45) is 5.73 Å². The lowest BCUT2D eigenvalue weighted by Gasteiger charge is -1.99. The summed E-state index contributed by atoms with van der Waals surface area (Å²) in [6, 6.07) is 6.15. The molecule has 7 heteroatoms. The lowest BCUT2D eigenvalue weighted by molar-refractivity contribution is -0.121. The first-order chi connectivity index (χ1) is 9.54. The topological polar surface area (TPSA) is 82.3 Å². The van der Waals surface area contributed by atoms with Crippen molar-refractivity contribution < 1.29 is 18.7 Å². The van der Waals surface area contributed by atoms with Crippen molar-refractivity contribution >= 4 is 23.2 Å². The van der Waals surface area contributed by atoms with Gasteiger partial charge >= 0.3 is 5.97 Å². The predicted octanol–water partition coefficient (Wildman–Crippen LogP) is 1.52. The number of benzene rings is 1. The summed E-state index contributed by atoms with van der Waals surface area (Å²) in [6.07, 6.45) is 0.422. The highest BCUT2D eigenvalue weighted by atomic mass is 32.1. The van der Waals surface area contributed by atoms with E-state index < -0.39 is 18.5 Å². The second kappa shape index (κ2) is 6.25. The van der Waals surface area contributed by atoms with Gasteiger partial charge in [0.25, 0.3) is 5.91 Å². The van der Waals surface area contributed by atoms with Gasteiger partial charge in [0.05, 0.1) is 5.01 Å².